The Labute approximate surface area is 281 Å². The van der Waals surface area contributed by atoms with Crippen LogP contribution in [0.3, 0.4) is 0 Å². The average Bonchev–Trinajstić information content (AvgIpc) is 3.69. The van der Waals surface area contributed by atoms with Crippen LogP contribution in [0, 0.1) is 11.8 Å². The summed E-state index contributed by atoms with van der Waals surface area (Å²) in [6.45, 7) is 4.97. The lowest BCUT2D eigenvalue weighted by molar-refractivity contribution is -0.113. The highest BCUT2D eigenvalue weighted by Crippen LogP contribution is 2.36. The maximum Gasteiger partial charge on any atom is 0.286 e. The predicted molar refractivity (Wildman–Crippen MR) is 189 cm³/mol. The second-order valence-electron chi connectivity index (χ2n) is 12.8. The maximum atomic E-state index is 13.6. The smallest absolute Gasteiger partial charge is 0.286 e. The molecule has 242 valence electrons. The van der Waals surface area contributed by atoms with Gasteiger partial charge in [-0.3, -0.25) is 4.79 Å². The highest BCUT2D eigenvalue weighted by atomic mass is 32.2. The molecule has 1 aromatic heterocycles. The molecule has 0 N–H and O–H groups in total. The SMILES string of the molecule is CC1CCN(S(=O)(=O)c2cccc(-c3nn(-c4ccccc4)cc3/C=C3\SC(N4CCC(Cc5ccccc5)CC4)=NC3=O)c2)CC1. The van der Waals surface area contributed by atoms with Crippen LogP contribution in [0.25, 0.3) is 23.0 Å². The summed E-state index contributed by atoms with van der Waals surface area (Å²) >= 11 is 1.41. The largest absolute Gasteiger partial charge is 0.351 e. The van der Waals surface area contributed by atoms with Crippen molar-refractivity contribution in [3.63, 3.8) is 0 Å². The van der Waals surface area contributed by atoms with Crippen LogP contribution in [0.1, 0.15) is 43.7 Å². The van der Waals surface area contributed by atoms with E-state index in [4.69, 9.17) is 5.10 Å². The van der Waals surface area contributed by atoms with Crippen molar-refractivity contribution in [3.05, 3.63) is 107 Å². The predicted octanol–water partition coefficient (Wildman–Crippen LogP) is 6.88. The van der Waals surface area contributed by atoms with Gasteiger partial charge in [0.15, 0.2) is 5.17 Å². The van der Waals surface area contributed by atoms with E-state index in [0.717, 1.165) is 61.6 Å². The van der Waals surface area contributed by atoms with E-state index in [0.29, 0.717) is 41.1 Å². The first-order chi connectivity index (χ1) is 22.8. The van der Waals surface area contributed by atoms with Crippen LogP contribution in [0.4, 0.5) is 0 Å². The number of amides is 1. The van der Waals surface area contributed by atoms with Gasteiger partial charge in [-0.2, -0.15) is 14.4 Å². The molecule has 0 saturated carbocycles. The summed E-state index contributed by atoms with van der Waals surface area (Å²) in [5.74, 6) is 0.888. The molecule has 47 heavy (non-hydrogen) atoms. The monoisotopic (exact) mass is 665 g/mol. The van der Waals surface area contributed by atoms with Gasteiger partial charge >= 0.3 is 0 Å². The third-order valence-corrected chi connectivity index (χ3v) is 12.3. The number of nitrogens with zero attached hydrogens (tertiary/aromatic N) is 5. The number of thioether (sulfide) groups is 1. The molecule has 3 aliphatic heterocycles. The third kappa shape index (κ3) is 7.00. The van der Waals surface area contributed by atoms with Gasteiger partial charge < -0.3 is 4.90 Å². The molecule has 4 aromatic rings. The molecule has 0 spiro atoms. The van der Waals surface area contributed by atoms with Crippen molar-refractivity contribution in [3.8, 4) is 16.9 Å². The minimum absolute atomic E-state index is 0.255. The molecule has 3 aromatic carbocycles. The molecule has 0 radical (unpaired) electrons. The minimum Gasteiger partial charge on any atom is -0.351 e. The first kappa shape index (κ1) is 31.6. The number of rotatable bonds is 7. The number of amidine groups is 1. The van der Waals surface area contributed by atoms with Crippen molar-refractivity contribution in [2.24, 2.45) is 16.8 Å². The zero-order valence-electron chi connectivity index (χ0n) is 26.5. The van der Waals surface area contributed by atoms with Gasteiger partial charge in [-0.1, -0.05) is 67.6 Å². The van der Waals surface area contributed by atoms with Gasteiger partial charge in [0, 0.05) is 43.5 Å². The average molecular weight is 666 g/mol. The number of benzene rings is 3. The van der Waals surface area contributed by atoms with E-state index >= 15 is 0 Å². The van der Waals surface area contributed by atoms with E-state index in [9.17, 15) is 13.2 Å². The van der Waals surface area contributed by atoms with Gasteiger partial charge in [-0.25, -0.2) is 13.1 Å². The van der Waals surface area contributed by atoms with Gasteiger partial charge in [-0.15, -0.1) is 0 Å². The number of carbonyl (C=O) groups is 1. The summed E-state index contributed by atoms with van der Waals surface area (Å²) in [6, 6.07) is 27.4. The number of aliphatic imine (C=N–C) groups is 1. The molecular weight excluding hydrogens is 627 g/mol. The first-order valence-corrected chi connectivity index (χ1v) is 18.7. The van der Waals surface area contributed by atoms with Crippen molar-refractivity contribution in [1.82, 2.24) is 19.0 Å². The van der Waals surface area contributed by atoms with Gasteiger partial charge in [0.25, 0.3) is 5.91 Å². The standard InChI is InChI=1S/C37H39N5O3S2/c1-27-15-21-41(22-16-27)47(44,45)33-14-8-11-30(24-33)35-31(26-42(39-35)32-12-6-3-7-13-32)25-34-36(43)38-37(46-34)40-19-17-29(18-20-40)23-28-9-4-2-5-10-28/h2-14,24-27,29H,15-23H2,1H3/b34-25-. The number of sulfonamides is 1. The number of hydrogen-bond acceptors (Lipinski definition) is 6. The molecule has 8 nitrogen and oxygen atoms in total. The van der Waals surface area contributed by atoms with Crippen molar-refractivity contribution < 1.29 is 13.2 Å². The van der Waals surface area contributed by atoms with E-state index in [1.165, 1.54) is 17.3 Å². The summed E-state index contributed by atoms with van der Waals surface area (Å²) in [5.41, 5.74) is 4.24. The molecule has 1 amide bonds. The zero-order chi connectivity index (χ0) is 32.4. The molecule has 0 aliphatic carbocycles. The van der Waals surface area contributed by atoms with E-state index in [1.807, 2.05) is 48.7 Å². The molecule has 4 heterocycles. The van der Waals surface area contributed by atoms with Gasteiger partial charge in [0.1, 0.15) is 5.69 Å². The molecule has 2 saturated heterocycles. The Morgan fingerprint density at radius 3 is 2.30 bits per heavy atom. The summed E-state index contributed by atoms with van der Waals surface area (Å²) in [4.78, 5) is 20.7. The van der Waals surface area contributed by atoms with Crippen LogP contribution in [0.5, 0.6) is 0 Å². The molecular formula is C37H39N5O3S2. The number of para-hydroxylation sites is 1. The van der Waals surface area contributed by atoms with E-state index in [-0.39, 0.29) is 10.8 Å². The molecule has 0 bridgehead atoms. The Hall–Kier alpha value is -3.99. The number of aromatic nitrogens is 2. The lowest BCUT2D eigenvalue weighted by Crippen LogP contribution is -2.37. The van der Waals surface area contributed by atoms with E-state index in [1.54, 1.807) is 27.2 Å². The quantitative estimate of drug-likeness (QED) is 0.200. The molecule has 0 atom stereocenters. The Balaban J connectivity index is 1.13. The molecule has 2 fully saturated rings. The zero-order valence-corrected chi connectivity index (χ0v) is 28.2. The number of piperidine rings is 2. The van der Waals surface area contributed by atoms with Crippen LogP contribution < -0.4 is 0 Å². The summed E-state index contributed by atoms with van der Waals surface area (Å²) < 4.78 is 30.6. The lowest BCUT2D eigenvalue weighted by Gasteiger charge is -2.32. The second-order valence-corrected chi connectivity index (χ2v) is 15.7. The van der Waals surface area contributed by atoms with Crippen molar-refractivity contribution in [2.75, 3.05) is 26.2 Å². The summed E-state index contributed by atoms with van der Waals surface area (Å²) in [6.07, 6.45) is 8.66. The van der Waals surface area contributed by atoms with Gasteiger partial charge in [0.2, 0.25) is 10.0 Å². The van der Waals surface area contributed by atoms with E-state index < -0.39 is 10.0 Å². The fourth-order valence-electron chi connectivity index (χ4n) is 6.56. The Bertz CT molecular complexity index is 1910. The molecule has 10 heteroatoms. The third-order valence-electron chi connectivity index (χ3n) is 9.40. The summed E-state index contributed by atoms with van der Waals surface area (Å²) in [7, 11) is -3.65. The fraction of sp³-hybridized carbons (Fsp3) is 0.324. The maximum absolute atomic E-state index is 13.6. The first-order valence-electron chi connectivity index (χ1n) is 16.4. The summed E-state index contributed by atoms with van der Waals surface area (Å²) in [5, 5.41) is 5.66. The Morgan fingerprint density at radius 1 is 0.872 bits per heavy atom. The Kier molecular flexibility index (Phi) is 9.16. The van der Waals surface area contributed by atoms with Crippen LogP contribution in [0.2, 0.25) is 0 Å². The Morgan fingerprint density at radius 2 is 1.57 bits per heavy atom. The van der Waals surface area contributed by atoms with Gasteiger partial charge in [0.05, 0.1) is 15.5 Å². The fourth-order valence-corrected chi connectivity index (χ4v) is 9.03. The van der Waals surface area contributed by atoms with Crippen molar-refractivity contribution in [1.29, 1.82) is 0 Å². The molecule has 0 unspecified atom stereocenters. The second kappa shape index (κ2) is 13.6. The van der Waals surface area contributed by atoms with Crippen LogP contribution in [0.15, 0.2) is 106 Å². The van der Waals surface area contributed by atoms with Crippen LogP contribution in [-0.4, -0.2) is 64.7 Å². The highest BCUT2D eigenvalue weighted by Gasteiger charge is 2.31. The topological polar surface area (TPSA) is 87.9 Å². The van der Waals surface area contributed by atoms with Crippen LogP contribution in [-0.2, 0) is 21.2 Å². The van der Waals surface area contributed by atoms with Gasteiger partial charge in [-0.05, 0) is 91.6 Å². The molecule has 3 aliphatic rings. The number of carbonyl (C=O) groups excluding carboxylic acids is 1. The van der Waals surface area contributed by atoms with Crippen molar-refractivity contribution in [2.45, 2.75) is 43.9 Å². The minimum atomic E-state index is -3.65. The van der Waals surface area contributed by atoms with Crippen molar-refractivity contribution >= 4 is 38.9 Å². The lowest BCUT2D eigenvalue weighted by atomic mass is 9.90. The number of likely N-dealkylation sites (tertiary alicyclic amines) is 1. The number of hydrogen-bond donors (Lipinski definition) is 0. The highest BCUT2D eigenvalue weighted by molar-refractivity contribution is 8.18. The molecule has 7 rings (SSSR count). The van der Waals surface area contributed by atoms with E-state index in [2.05, 4.69) is 47.1 Å². The van der Waals surface area contributed by atoms with Crippen LogP contribution >= 0.6 is 11.8 Å². The normalized spacial score (nSPS) is 19.4.